The van der Waals surface area contributed by atoms with Crippen LogP contribution in [0.3, 0.4) is 0 Å². The van der Waals surface area contributed by atoms with Gasteiger partial charge in [-0.3, -0.25) is 9.69 Å². The largest absolute Gasteiger partial charge is 0.493 e. The molecule has 3 aromatic rings. The number of hydrogen-bond acceptors (Lipinski definition) is 4. The summed E-state index contributed by atoms with van der Waals surface area (Å²) in [6.45, 7) is 6.14. The molecule has 178 valence electrons. The van der Waals surface area contributed by atoms with Crippen molar-refractivity contribution < 1.29 is 14.3 Å². The average Bonchev–Trinajstić information content (AvgIpc) is 2.85. The monoisotopic (exact) mass is 458 g/mol. The van der Waals surface area contributed by atoms with E-state index in [2.05, 4.69) is 78.6 Å². The summed E-state index contributed by atoms with van der Waals surface area (Å²) in [7, 11) is 3.29. The minimum absolute atomic E-state index is 0.110. The van der Waals surface area contributed by atoms with Crippen molar-refractivity contribution >= 4 is 5.91 Å². The van der Waals surface area contributed by atoms with Crippen molar-refractivity contribution in [3.63, 3.8) is 0 Å². The summed E-state index contributed by atoms with van der Waals surface area (Å²) in [5.41, 5.74) is 3.27. The zero-order valence-electron chi connectivity index (χ0n) is 20.5. The molecule has 5 heteroatoms. The smallest absolute Gasteiger partial charge is 0.219 e. The van der Waals surface area contributed by atoms with E-state index in [1.807, 2.05) is 17.0 Å². The van der Waals surface area contributed by atoms with Crippen molar-refractivity contribution in [2.75, 3.05) is 33.9 Å². The van der Waals surface area contributed by atoms with Gasteiger partial charge in [-0.05, 0) is 42.2 Å². The SMILES string of the molecule is COc1ccc(CC2(C)CN(C(c3ccccc3)c3ccccc3)CCN2C(C)=O)cc1OC. The van der Waals surface area contributed by atoms with Gasteiger partial charge in [-0.2, -0.15) is 0 Å². The molecule has 1 aliphatic heterocycles. The first-order valence-corrected chi connectivity index (χ1v) is 11.8. The highest BCUT2D eigenvalue weighted by Gasteiger charge is 2.41. The van der Waals surface area contributed by atoms with Crippen LogP contribution in [0.5, 0.6) is 11.5 Å². The molecule has 5 nitrogen and oxygen atoms in total. The molecule has 4 rings (SSSR count). The van der Waals surface area contributed by atoms with E-state index in [1.54, 1.807) is 21.1 Å². The van der Waals surface area contributed by atoms with Gasteiger partial charge < -0.3 is 14.4 Å². The fraction of sp³-hybridized carbons (Fsp3) is 0.345. The lowest BCUT2D eigenvalue weighted by Crippen LogP contribution is -2.63. The predicted molar refractivity (Wildman–Crippen MR) is 135 cm³/mol. The van der Waals surface area contributed by atoms with Gasteiger partial charge in [0.05, 0.1) is 25.8 Å². The number of carbonyl (C=O) groups excluding carboxylic acids is 1. The highest BCUT2D eigenvalue weighted by atomic mass is 16.5. The molecule has 0 bridgehead atoms. The minimum atomic E-state index is -0.370. The molecule has 1 unspecified atom stereocenters. The molecule has 1 heterocycles. The van der Waals surface area contributed by atoms with Gasteiger partial charge in [0.25, 0.3) is 0 Å². The molecular formula is C29H34N2O3. The Labute approximate surface area is 202 Å². The number of amides is 1. The van der Waals surface area contributed by atoms with Crippen molar-refractivity contribution in [1.82, 2.24) is 9.80 Å². The van der Waals surface area contributed by atoms with E-state index < -0.39 is 0 Å². The van der Waals surface area contributed by atoms with Gasteiger partial charge in [-0.1, -0.05) is 66.7 Å². The van der Waals surface area contributed by atoms with Gasteiger partial charge in [-0.25, -0.2) is 0 Å². The summed E-state index contributed by atoms with van der Waals surface area (Å²) < 4.78 is 10.9. The van der Waals surface area contributed by atoms with E-state index in [1.165, 1.54) is 11.1 Å². The number of piperazine rings is 1. The summed E-state index contributed by atoms with van der Waals surface area (Å²) >= 11 is 0. The second-order valence-electron chi connectivity index (χ2n) is 9.23. The number of hydrogen-bond donors (Lipinski definition) is 0. The first kappa shape index (κ1) is 23.8. The third kappa shape index (κ3) is 4.95. The molecule has 0 radical (unpaired) electrons. The number of nitrogens with zero attached hydrogens (tertiary/aromatic N) is 2. The van der Waals surface area contributed by atoms with Crippen LogP contribution in [0.2, 0.25) is 0 Å². The van der Waals surface area contributed by atoms with E-state index >= 15 is 0 Å². The Hall–Kier alpha value is -3.31. The summed E-state index contributed by atoms with van der Waals surface area (Å²) in [6.07, 6.45) is 0.722. The van der Waals surface area contributed by atoms with Crippen LogP contribution in [0.4, 0.5) is 0 Å². The molecule has 3 aromatic carbocycles. The van der Waals surface area contributed by atoms with Crippen molar-refractivity contribution in [1.29, 1.82) is 0 Å². The normalized spacial score (nSPS) is 18.7. The highest BCUT2D eigenvalue weighted by Crippen LogP contribution is 2.36. The number of methoxy groups -OCH3 is 2. The van der Waals surface area contributed by atoms with Gasteiger partial charge in [0.15, 0.2) is 11.5 Å². The number of rotatable bonds is 7. The van der Waals surface area contributed by atoms with Crippen LogP contribution in [0, 0.1) is 0 Å². The van der Waals surface area contributed by atoms with Crippen molar-refractivity contribution in [2.24, 2.45) is 0 Å². The van der Waals surface area contributed by atoms with Crippen LogP contribution < -0.4 is 9.47 Å². The quantitative estimate of drug-likeness (QED) is 0.502. The maximum atomic E-state index is 12.7. The topological polar surface area (TPSA) is 42.0 Å². The maximum absolute atomic E-state index is 12.7. The summed E-state index contributed by atoms with van der Waals surface area (Å²) in [6, 6.07) is 27.4. The molecule has 1 saturated heterocycles. The molecule has 0 saturated carbocycles. The third-order valence-electron chi connectivity index (χ3n) is 6.81. The fourth-order valence-electron chi connectivity index (χ4n) is 5.32. The third-order valence-corrected chi connectivity index (χ3v) is 6.81. The molecule has 1 fully saturated rings. The Morgan fingerprint density at radius 2 is 1.47 bits per heavy atom. The van der Waals surface area contributed by atoms with Crippen LogP contribution in [0.1, 0.15) is 36.6 Å². The first-order valence-electron chi connectivity index (χ1n) is 11.8. The van der Waals surface area contributed by atoms with Crippen LogP contribution in [0.15, 0.2) is 78.9 Å². The Morgan fingerprint density at radius 3 is 2.00 bits per heavy atom. The number of carbonyl (C=O) groups is 1. The molecule has 1 aliphatic rings. The highest BCUT2D eigenvalue weighted by molar-refractivity contribution is 5.74. The molecule has 0 spiro atoms. The Bertz CT molecular complexity index is 1060. The fourth-order valence-corrected chi connectivity index (χ4v) is 5.32. The van der Waals surface area contributed by atoms with Gasteiger partial charge in [0.2, 0.25) is 5.91 Å². The van der Waals surface area contributed by atoms with Gasteiger partial charge >= 0.3 is 0 Å². The van der Waals surface area contributed by atoms with E-state index in [0.29, 0.717) is 18.0 Å². The molecular weight excluding hydrogens is 424 g/mol. The lowest BCUT2D eigenvalue weighted by atomic mass is 9.86. The molecule has 1 amide bonds. The van der Waals surface area contributed by atoms with Gasteiger partial charge in [-0.15, -0.1) is 0 Å². The summed E-state index contributed by atoms with van der Waals surface area (Å²) in [5.74, 6) is 1.52. The Kier molecular flexibility index (Phi) is 7.23. The van der Waals surface area contributed by atoms with Gasteiger partial charge in [0.1, 0.15) is 0 Å². The van der Waals surface area contributed by atoms with E-state index in [9.17, 15) is 4.79 Å². The molecule has 34 heavy (non-hydrogen) atoms. The van der Waals surface area contributed by atoms with E-state index in [-0.39, 0.29) is 17.5 Å². The molecule has 0 aromatic heterocycles. The van der Waals surface area contributed by atoms with Crippen LogP contribution in [0.25, 0.3) is 0 Å². The molecule has 1 atom stereocenters. The standard InChI is InChI=1S/C29H34N2O3/c1-22(32)31-18-17-30(28(24-11-7-5-8-12-24)25-13-9-6-10-14-25)21-29(31,2)20-23-15-16-26(33-3)27(19-23)34-4/h5-16,19,28H,17-18,20-21H2,1-4H3. The minimum Gasteiger partial charge on any atom is -0.493 e. The maximum Gasteiger partial charge on any atom is 0.219 e. The first-order chi connectivity index (χ1) is 16.4. The lowest BCUT2D eigenvalue weighted by molar-refractivity contribution is -0.139. The Morgan fingerprint density at radius 1 is 0.882 bits per heavy atom. The van der Waals surface area contributed by atoms with Crippen molar-refractivity contribution in [3.05, 3.63) is 95.6 Å². The van der Waals surface area contributed by atoms with Crippen molar-refractivity contribution in [3.8, 4) is 11.5 Å². The molecule has 0 aliphatic carbocycles. The van der Waals surface area contributed by atoms with E-state index in [0.717, 1.165) is 25.1 Å². The lowest BCUT2D eigenvalue weighted by Gasteiger charge is -2.51. The van der Waals surface area contributed by atoms with Gasteiger partial charge in [0, 0.05) is 26.6 Å². The number of ether oxygens (including phenoxy) is 2. The van der Waals surface area contributed by atoms with Crippen LogP contribution >= 0.6 is 0 Å². The van der Waals surface area contributed by atoms with E-state index in [4.69, 9.17) is 9.47 Å². The second kappa shape index (κ2) is 10.3. The van der Waals surface area contributed by atoms with Crippen LogP contribution in [-0.2, 0) is 11.2 Å². The van der Waals surface area contributed by atoms with Crippen LogP contribution in [-0.4, -0.2) is 55.1 Å². The molecule has 0 N–H and O–H groups in total. The zero-order chi connectivity index (χ0) is 24.1. The predicted octanol–water partition coefficient (Wildman–Crippen LogP) is 4.96. The number of benzene rings is 3. The zero-order valence-corrected chi connectivity index (χ0v) is 20.5. The van der Waals surface area contributed by atoms with Crippen molar-refractivity contribution in [2.45, 2.75) is 31.8 Å². The summed E-state index contributed by atoms with van der Waals surface area (Å²) in [4.78, 5) is 17.3. The second-order valence-corrected chi connectivity index (χ2v) is 9.23. The summed E-state index contributed by atoms with van der Waals surface area (Å²) in [5, 5.41) is 0. The Balaban J connectivity index is 1.69. The average molecular weight is 459 g/mol.